The van der Waals surface area contributed by atoms with Crippen LogP contribution in [0.25, 0.3) is 0 Å². The number of carbonyl (C=O) groups is 1. The molecule has 2 saturated heterocycles. The summed E-state index contributed by atoms with van der Waals surface area (Å²) in [5, 5.41) is 9.29. The summed E-state index contributed by atoms with van der Waals surface area (Å²) in [5.74, 6) is 0.274. The van der Waals surface area contributed by atoms with Gasteiger partial charge >= 0.3 is 0 Å². The molecule has 3 rings (SSSR count). The summed E-state index contributed by atoms with van der Waals surface area (Å²) in [6, 6.07) is 0. The molecule has 0 radical (unpaired) electrons. The van der Waals surface area contributed by atoms with Crippen LogP contribution in [-0.4, -0.2) is 71.7 Å². The highest BCUT2D eigenvalue weighted by molar-refractivity contribution is 7.18. The van der Waals surface area contributed by atoms with E-state index >= 15 is 0 Å². The largest absolute Gasteiger partial charge is 0.374 e. The first-order chi connectivity index (χ1) is 9.72. The van der Waals surface area contributed by atoms with Gasteiger partial charge < -0.3 is 15.5 Å². The molecule has 1 amide bonds. The Morgan fingerprint density at radius 1 is 1.10 bits per heavy atom. The van der Waals surface area contributed by atoms with Gasteiger partial charge in [-0.2, -0.15) is 0 Å². The molecule has 0 spiro atoms. The fourth-order valence-corrected chi connectivity index (χ4v) is 3.37. The number of hydrogen-bond donors (Lipinski definition) is 1. The van der Waals surface area contributed by atoms with E-state index in [2.05, 4.69) is 20.0 Å². The second-order valence-electron chi connectivity index (χ2n) is 5.27. The minimum atomic E-state index is 0.274. The molecule has 0 saturated carbocycles. The molecule has 7 nitrogen and oxygen atoms in total. The fraction of sp³-hybridized carbons (Fsp3) is 0.750. The van der Waals surface area contributed by atoms with Crippen LogP contribution < -0.4 is 10.6 Å². The molecular weight excluding hydrogens is 276 g/mol. The number of amides is 1. The van der Waals surface area contributed by atoms with E-state index in [-0.39, 0.29) is 5.91 Å². The first-order valence-electron chi connectivity index (χ1n) is 7.06. The lowest BCUT2D eigenvalue weighted by atomic mass is 10.3. The molecule has 1 aromatic rings. The predicted molar refractivity (Wildman–Crippen MR) is 78.8 cm³/mol. The summed E-state index contributed by atoms with van der Waals surface area (Å²) in [6.07, 6.45) is 2.30. The van der Waals surface area contributed by atoms with Crippen LogP contribution in [0.15, 0.2) is 0 Å². The number of likely N-dealkylation sites (tertiary alicyclic amines) is 1. The highest BCUT2D eigenvalue weighted by atomic mass is 32.1. The minimum Gasteiger partial charge on any atom is -0.374 e. The minimum absolute atomic E-state index is 0.274. The summed E-state index contributed by atoms with van der Waals surface area (Å²) >= 11 is 1.42. The van der Waals surface area contributed by atoms with Gasteiger partial charge in [-0.3, -0.25) is 9.69 Å². The molecule has 20 heavy (non-hydrogen) atoms. The first-order valence-corrected chi connectivity index (χ1v) is 7.88. The van der Waals surface area contributed by atoms with Crippen molar-refractivity contribution in [1.82, 2.24) is 20.0 Å². The number of nitrogens with two attached hydrogens (primary N) is 1. The highest BCUT2D eigenvalue weighted by Gasteiger charge is 2.24. The molecule has 0 aromatic carbocycles. The van der Waals surface area contributed by atoms with Crippen LogP contribution in [0.3, 0.4) is 0 Å². The molecule has 3 heterocycles. The lowest BCUT2D eigenvalue weighted by Gasteiger charge is -2.34. The van der Waals surface area contributed by atoms with E-state index in [1.807, 2.05) is 4.90 Å². The zero-order valence-electron chi connectivity index (χ0n) is 11.5. The Morgan fingerprint density at radius 2 is 1.80 bits per heavy atom. The third-order valence-corrected chi connectivity index (χ3v) is 4.70. The second kappa shape index (κ2) is 5.92. The zero-order chi connectivity index (χ0) is 13.9. The monoisotopic (exact) mass is 296 g/mol. The van der Waals surface area contributed by atoms with Crippen molar-refractivity contribution in [3.8, 4) is 0 Å². The van der Waals surface area contributed by atoms with Gasteiger partial charge in [-0.25, -0.2) is 0 Å². The van der Waals surface area contributed by atoms with Crippen molar-refractivity contribution in [2.75, 3.05) is 56.4 Å². The van der Waals surface area contributed by atoms with Crippen molar-refractivity contribution in [1.29, 1.82) is 0 Å². The quantitative estimate of drug-likeness (QED) is 0.837. The Labute approximate surface area is 122 Å². The van der Waals surface area contributed by atoms with Gasteiger partial charge in [0, 0.05) is 39.3 Å². The Kier molecular flexibility index (Phi) is 4.02. The second-order valence-corrected chi connectivity index (χ2v) is 6.26. The molecule has 8 heteroatoms. The molecule has 0 bridgehead atoms. The number of nitrogens with zero attached hydrogens (tertiary/aromatic N) is 5. The fourth-order valence-electron chi connectivity index (χ4n) is 2.71. The van der Waals surface area contributed by atoms with E-state index in [1.54, 1.807) is 0 Å². The topological polar surface area (TPSA) is 78.6 Å². The molecule has 1 aromatic heterocycles. The molecule has 2 fully saturated rings. The predicted octanol–water partition coefficient (Wildman–Crippen LogP) is -0.135. The molecule has 2 aliphatic heterocycles. The number of carbonyl (C=O) groups excluding carboxylic acids is 1. The number of aromatic nitrogens is 2. The van der Waals surface area contributed by atoms with Crippen LogP contribution in [0.2, 0.25) is 0 Å². The van der Waals surface area contributed by atoms with E-state index < -0.39 is 0 Å². The normalized spacial score (nSPS) is 20.6. The van der Waals surface area contributed by atoms with Gasteiger partial charge in [0.2, 0.25) is 16.2 Å². The van der Waals surface area contributed by atoms with Crippen LogP contribution >= 0.6 is 11.3 Å². The molecule has 0 aliphatic carbocycles. The molecule has 0 unspecified atom stereocenters. The van der Waals surface area contributed by atoms with Crippen molar-refractivity contribution < 1.29 is 4.79 Å². The molecule has 110 valence electrons. The van der Waals surface area contributed by atoms with Crippen molar-refractivity contribution >= 4 is 27.5 Å². The van der Waals surface area contributed by atoms with Gasteiger partial charge in [0.15, 0.2) is 0 Å². The third-order valence-electron chi connectivity index (χ3n) is 3.89. The van der Waals surface area contributed by atoms with Gasteiger partial charge in [-0.15, -0.1) is 10.2 Å². The molecule has 0 atom stereocenters. The number of hydrogen-bond acceptors (Lipinski definition) is 7. The maximum Gasteiger partial charge on any atom is 0.236 e. The van der Waals surface area contributed by atoms with Crippen LogP contribution in [0.5, 0.6) is 0 Å². The Balaban J connectivity index is 1.47. The van der Waals surface area contributed by atoms with Gasteiger partial charge in [-0.1, -0.05) is 11.3 Å². The standard InChI is InChI=1S/C12H20N6OS/c13-11-14-15-12(20-11)18-7-5-16(6-8-18)9-10(19)17-3-1-2-4-17/h1-9H2,(H2,13,14). The maximum absolute atomic E-state index is 12.1. The van der Waals surface area contributed by atoms with E-state index in [4.69, 9.17) is 5.73 Å². The Bertz CT molecular complexity index is 464. The number of anilines is 2. The Hall–Kier alpha value is -1.41. The smallest absolute Gasteiger partial charge is 0.236 e. The van der Waals surface area contributed by atoms with Crippen LogP contribution in [-0.2, 0) is 4.79 Å². The van der Waals surface area contributed by atoms with Gasteiger partial charge in [0.1, 0.15) is 0 Å². The SMILES string of the molecule is Nc1nnc(N2CCN(CC(=O)N3CCCC3)CC2)s1. The van der Waals surface area contributed by atoms with Gasteiger partial charge in [0.25, 0.3) is 0 Å². The summed E-state index contributed by atoms with van der Waals surface area (Å²) in [6.45, 7) is 5.94. The third kappa shape index (κ3) is 3.01. The molecule has 2 N–H and O–H groups in total. The number of nitrogen functional groups attached to an aromatic ring is 1. The summed E-state index contributed by atoms with van der Waals surface area (Å²) < 4.78 is 0. The van der Waals surface area contributed by atoms with Crippen LogP contribution in [0.4, 0.5) is 10.3 Å². The van der Waals surface area contributed by atoms with Gasteiger partial charge in [0.05, 0.1) is 6.54 Å². The van der Waals surface area contributed by atoms with Crippen molar-refractivity contribution in [2.24, 2.45) is 0 Å². The van der Waals surface area contributed by atoms with Crippen molar-refractivity contribution in [2.45, 2.75) is 12.8 Å². The molecular formula is C12H20N6OS. The summed E-state index contributed by atoms with van der Waals surface area (Å²) in [5.41, 5.74) is 5.61. The van der Waals surface area contributed by atoms with Crippen LogP contribution in [0.1, 0.15) is 12.8 Å². The molecule has 2 aliphatic rings. The van der Waals surface area contributed by atoms with Gasteiger partial charge in [-0.05, 0) is 12.8 Å². The van der Waals surface area contributed by atoms with E-state index in [0.717, 1.165) is 57.2 Å². The average Bonchev–Trinajstić information content (AvgIpc) is 3.10. The van der Waals surface area contributed by atoms with E-state index in [0.29, 0.717) is 11.7 Å². The van der Waals surface area contributed by atoms with E-state index in [1.165, 1.54) is 11.3 Å². The lowest BCUT2D eigenvalue weighted by Crippen LogP contribution is -2.49. The van der Waals surface area contributed by atoms with Crippen molar-refractivity contribution in [3.05, 3.63) is 0 Å². The summed E-state index contributed by atoms with van der Waals surface area (Å²) in [7, 11) is 0. The summed E-state index contributed by atoms with van der Waals surface area (Å²) in [4.78, 5) is 18.5. The maximum atomic E-state index is 12.1. The number of piperazine rings is 1. The van der Waals surface area contributed by atoms with E-state index in [9.17, 15) is 4.79 Å². The highest BCUT2D eigenvalue weighted by Crippen LogP contribution is 2.22. The van der Waals surface area contributed by atoms with Crippen molar-refractivity contribution in [3.63, 3.8) is 0 Å². The lowest BCUT2D eigenvalue weighted by molar-refractivity contribution is -0.131. The average molecular weight is 296 g/mol. The van der Waals surface area contributed by atoms with Crippen LogP contribution in [0, 0.1) is 0 Å². The Morgan fingerprint density at radius 3 is 2.40 bits per heavy atom. The number of rotatable bonds is 3. The zero-order valence-corrected chi connectivity index (χ0v) is 12.3. The first kappa shape index (κ1) is 13.6.